The van der Waals surface area contributed by atoms with Gasteiger partial charge in [0.1, 0.15) is 5.82 Å². The minimum Gasteiger partial charge on any atom is -0.465 e. The van der Waals surface area contributed by atoms with Gasteiger partial charge >= 0.3 is 5.97 Å². The monoisotopic (exact) mass is 342 g/mol. The van der Waals surface area contributed by atoms with E-state index in [4.69, 9.17) is 4.74 Å². The van der Waals surface area contributed by atoms with Crippen molar-refractivity contribution in [3.8, 4) is 5.69 Å². The van der Waals surface area contributed by atoms with Crippen LogP contribution in [0.5, 0.6) is 0 Å². The van der Waals surface area contributed by atoms with E-state index in [2.05, 4.69) is 4.98 Å². The molecule has 3 aromatic rings. The number of rotatable bonds is 5. The SMILES string of the molecule is COC(=O)c1cccc(-n2ccnc2SCc2ccc(F)cc2)c1. The van der Waals surface area contributed by atoms with Crippen LogP contribution in [0.1, 0.15) is 15.9 Å². The van der Waals surface area contributed by atoms with E-state index in [0.29, 0.717) is 11.3 Å². The predicted molar refractivity (Wildman–Crippen MR) is 90.9 cm³/mol. The van der Waals surface area contributed by atoms with Crippen LogP contribution in [-0.4, -0.2) is 22.6 Å². The maximum atomic E-state index is 13.0. The van der Waals surface area contributed by atoms with Gasteiger partial charge in [-0.25, -0.2) is 14.2 Å². The summed E-state index contributed by atoms with van der Waals surface area (Å²) >= 11 is 1.54. The Balaban J connectivity index is 1.80. The normalized spacial score (nSPS) is 10.6. The highest BCUT2D eigenvalue weighted by Gasteiger charge is 2.10. The van der Waals surface area contributed by atoms with Crippen LogP contribution in [0.25, 0.3) is 5.69 Å². The molecule has 24 heavy (non-hydrogen) atoms. The van der Waals surface area contributed by atoms with Crippen molar-refractivity contribution < 1.29 is 13.9 Å². The fourth-order valence-electron chi connectivity index (χ4n) is 2.22. The topological polar surface area (TPSA) is 44.1 Å². The second-order valence-electron chi connectivity index (χ2n) is 5.04. The van der Waals surface area contributed by atoms with E-state index >= 15 is 0 Å². The number of thioether (sulfide) groups is 1. The van der Waals surface area contributed by atoms with E-state index in [1.807, 2.05) is 16.8 Å². The largest absolute Gasteiger partial charge is 0.465 e. The number of imidazole rings is 1. The number of aromatic nitrogens is 2. The van der Waals surface area contributed by atoms with Crippen molar-refractivity contribution in [2.45, 2.75) is 10.9 Å². The summed E-state index contributed by atoms with van der Waals surface area (Å²) in [6, 6.07) is 13.6. The molecule has 122 valence electrons. The van der Waals surface area contributed by atoms with Crippen molar-refractivity contribution >= 4 is 17.7 Å². The number of hydrogen-bond acceptors (Lipinski definition) is 4. The quantitative estimate of drug-likeness (QED) is 0.517. The molecule has 0 saturated carbocycles. The molecule has 0 unspecified atom stereocenters. The number of esters is 1. The molecule has 0 spiro atoms. The van der Waals surface area contributed by atoms with Gasteiger partial charge in [0.05, 0.1) is 12.7 Å². The standard InChI is InChI=1S/C18H15FN2O2S/c1-23-17(22)14-3-2-4-16(11-14)21-10-9-20-18(21)24-12-13-5-7-15(19)8-6-13/h2-11H,12H2,1H3. The third-order valence-corrected chi connectivity index (χ3v) is 4.47. The molecule has 0 bridgehead atoms. The average molecular weight is 342 g/mol. The van der Waals surface area contributed by atoms with Gasteiger partial charge in [0.25, 0.3) is 0 Å². The average Bonchev–Trinajstić information content (AvgIpc) is 3.09. The van der Waals surface area contributed by atoms with Crippen molar-refractivity contribution in [2.75, 3.05) is 7.11 Å². The first-order valence-corrected chi connectivity index (χ1v) is 8.25. The van der Waals surface area contributed by atoms with Crippen LogP contribution >= 0.6 is 11.8 Å². The van der Waals surface area contributed by atoms with Gasteiger partial charge < -0.3 is 4.74 Å². The van der Waals surface area contributed by atoms with Gasteiger partial charge in [-0.2, -0.15) is 0 Å². The van der Waals surface area contributed by atoms with Gasteiger partial charge in [0.15, 0.2) is 5.16 Å². The van der Waals surface area contributed by atoms with E-state index in [9.17, 15) is 9.18 Å². The zero-order chi connectivity index (χ0) is 16.9. The van der Waals surface area contributed by atoms with E-state index < -0.39 is 0 Å². The molecule has 6 heteroatoms. The Morgan fingerprint density at radius 2 is 2.04 bits per heavy atom. The van der Waals surface area contributed by atoms with E-state index in [0.717, 1.165) is 16.4 Å². The molecule has 0 saturated heterocycles. The highest BCUT2D eigenvalue weighted by molar-refractivity contribution is 7.98. The van der Waals surface area contributed by atoms with E-state index in [1.165, 1.54) is 19.2 Å². The summed E-state index contributed by atoms with van der Waals surface area (Å²) in [5.41, 5.74) is 2.33. The summed E-state index contributed by atoms with van der Waals surface area (Å²) in [7, 11) is 1.36. The number of ether oxygens (including phenoxy) is 1. The van der Waals surface area contributed by atoms with Crippen LogP contribution in [-0.2, 0) is 10.5 Å². The molecule has 2 aromatic carbocycles. The number of benzene rings is 2. The minimum atomic E-state index is -0.377. The molecule has 3 rings (SSSR count). The number of carbonyl (C=O) groups excluding carboxylic acids is 1. The summed E-state index contributed by atoms with van der Waals surface area (Å²) in [6.07, 6.45) is 3.54. The summed E-state index contributed by atoms with van der Waals surface area (Å²) in [5.74, 6) is 0.0518. The van der Waals surface area contributed by atoms with Gasteiger partial charge in [0.2, 0.25) is 0 Å². The number of carbonyl (C=O) groups is 1. The molecule has 1 heterocycles. The predicted octanol–water partition coefficient (Wildman–Crippen LogP) is 4.09. The number of halogens is 1. The molecular weight excluding hydrogens is 327 g/mol. The Hall–Kier alpha value is -2.60. The summed E-state index contributed by atoms with van der Waals surface area (Å²) in [6.45, 7) is 0. The zero-order valence-corrected chi connectivity index (χ0v) is 13.8. The highest BCUT2D eigenvalue weighted by atomic mass is 32.2. The molecule has 0 N–H and O–H groups in total. The van der Waals surface area contributed by atoms with Crippen molar-refractivity contribution in [1.82, 2.24) is 9.55 Å². The van der Waals surface area contributed by atoms with Crippen molar-refractivity contribution in [1.29, 1.82) is 0 Å². The lowest BCUT2D eigenvalue weighted by Crippen LogP contribution is -2.03. The molecule has 0 radical (unpaired) electrons. The van der Waals surface area contributed by atoms with Crippen molar-refractivity contribution in [3.05, 3.63) is 77.9 Å². The van der Waals surface area contributed by atoms with E-state index in [1.54, 1.807) is 48.3 Å². The van der Waals surface area contributed by atoms with Crippen LogP contribution < -0.4 is 0 Å². The first-order chi connectivity index (χ1) is 11.7. The van der Waals surface area contributed by atoms with Gasteiger partial charge in [-0.15, -0.1) is 0 Å². The summed E-state index contributed by atoms with van der Waals surface area (Å²) in [4.78, 5) is 16.0. The molecule has 0 amide bonds. The fraction of sp³-hybridized carbons (Fsp3) is 0.111. The Morgan fingerprint density at radius 3 is 2.79 bits per heavy atom. The molecule has 4 nitrogen and oxygen atoms in total. The lowest BCUT2D eigenvalue weighted by atomic mass is 10.2. The van der Waals surface area contributed by atoms with Crippen molar-refractivity contribution in [2.24, 2.45) is 0 Å². The Kier molecular flexibility index (Phi) is 4.96. The van der Waals surface area contributed by atoms with E-state index in [-0.39, 0.29) is 11.8 Å². The summed E-state index contributed by atoms with van der Waals surface area (Å²) in [5, 5.41) is 0.793. The number of hydrogen-bond donors (Lipinski definition) is 0. The maximum absolute atomic E-state index is 13.0. The fourth-order valence-corrected chi connectivity index (χ4v) is 3.15. The molecule has 0 fully saturated rings. The third kappa shape index (κ3) is 3.65. The Labute approximate surface area is 143 Å². The second-order valence-corrected chi connectivity index (χ2v) is 5.98. The molecule has 0 aliphatic rings. The summed E-state index contributed by atoms with van der Waals surface area (Å²) < 4.78 is 19.6. The molecular formula is C18H15FN2O2S. The first-order valence-electron chi connectivity index (χ1n) is 7.27. The van der Waals surface area contributed by atoms with Gasteiger partial charge in [-0.05, 0) is 35.9 Å². The number of methoxy groups -OCH3 is 1. The molecule has 1 aromatic heterocycles. The highest BCUT2D eigenvalue weighted by Crippen LogP contribution is 2.24. The Morgan fingerprint density at radius 1 is 1.25 bits per heavy atom. The van der Waals surface area contributed by atoms with Gasteiger partial charge in [-0.3, -0.25) is 4.57 Å². The lowest BCUT2D eigenvalue weighted by Gasteiger charge is -2.09. The first kappa shape index (κ1) is 16.3. The van der Waals surface area contributed by atoms with Crippen LogP contribution in [0.2, 0.25) is 0 Å². The second kappa shape index (κ2) is 7.31. The zero-order valence-electron chi connectivity index (χ0n) is 13.0. The maximum Gasteiger partial charge on any atom is 0.337 e. The molecule has 0 atom stereocenters. The van der Waals surface area contributed by atoms with Crippen LogP contribution in [0, 0.1) is 5.82 Å². The van der Waals surface area contributed by atoms with Crippen LogP contribution in [0.15, 0.2) is 66.1 Å². The van der Waals surface area contributed by atoms with Gasteiger partial charge in [-0.1, -0.05) is 30.0 Å². The van der Waals surface area contributed by atoms with Crippen molar-refractivity contribution in [3.63, 3.8) is 0 Å². The smallest absolute Gasteiger partial charge is 0.337 e. The van der Waals surface area contributed by atoms with Crippen LogP contribution in [0.4, 0.5) is 4.39 Å². The Bertz CT molecular complexity index is 846. The third-order valence-electron chi connectivity index (χ3n) is 3.43. The molecule has 0 aliphatic heterocycles. The number of nitrogens with zero attached hydrogens (tertiary/aromatic N) is 2. The minimum absolute atomic E-state index is 0.245. The van der Waals surface area contributed by atoms with Gasteiger partial charge in [0, 0.05) is 23.8 Å². The lowest BCUT2D eigenvalue weighted by molar-refractivity contribution is 0.0600. The molecule has 0 aliphatic carbocycles. The van der Waals surface area contributed by atoms with Crippen LogP contribution in [0.3, 0.4) is 0 Å².